The van der Waals surface area contributed by atoms with E-state index in [4.69, 9.17) is 0 Å². The molecule has 0 aromatic heterocycles. The van der Waals surface area contributed by atoms with Crippen LogP contribution in [-0.2, 0) is 10.5 Å². The van der Waals surface area contributed by atoms with Crippen LogP contribution in [-0.4, -0.2) is 49.3 Å². The van der Waals surface area contributed by atoms with Crippen molar-refractivity contribution in [1.29, 1.82) is 0 Å². The Morgan fingerprint density at radius 3 is 2.35 bits per heavy atom. The van der Waals surface area contributed by atoms with E-state index in [0.717, 1.165) is 44.2 Å². The van der Waals surface area contributed by atoms with E-state index in [1.807, 2.05) is 30.3 Å². The van der Waals surface area contributed by atoms with Crippen LogP contribution in [0.15, 0.2) is 54.6 Å². The zero-order valence-electron chi connectivity index (χ0n) is 15.4. The summed E-state index contributed by atoms with van der Waals surface area (Å²) in [4.78, 5) is 17.0. The van der Waals surface area contributed by atoms with E-state index in [1.54, 1.807) is 11.8 Å². The highest BCUT2D eigenvalue weighted by Gasteiger charge is 2.15. The first kappa shape index (κ1) is 18.8. The highest BCUT2D eigenvalue weighted by atomic mass is 32.2. The van der Waals surface area contributed by atoms with Crippen LogP contribution in [0.4, 0.5) is 11.4 Å². The number of rotatable bonds is 7. The number of carbonyl (C=O) groups is 1. The highest BCUT2D eigenvalue weighted by molar-refractivity contribution is 7.99. The van der Waals surface area contributed by atoms with Crippen LogP contribution in [0.1, 0.15) is 12.5 Å². The summed E-state index contributed by atoms with van der Waals surface area (Å²) >= 11 is 1.64. The monoisotopic (exact) mass is 369 g/mol. The number of benzene rings is 2. The molecule has 2 aromatic carbocycles. The molecule has 138 valence electrons. The molecule has 2 aromatic rings. The molecule has 26 heavy (non-hydrogen) atoms. The van der Waals surface area contributed by atoms with Gasteiger partial charge in [0, 0.05) is 43.3 Å². The molecule has 0 atom stereocenters. The number of nitrogens with zero attached hydrogens (tertiary/aromatic N) is 2. The molecule has 1 saturated heterocycles. The number of thioether (sulfide) groups is 1. The second-order valence-corrected chi connectivity index (χ2v) is 7.48. The summed E-state index contributed by atoms with van der Waals surface area (Å²) in [5.41, 5.74) is 3.35. The van der Waals surface area contributed by atoms with E-state index in [2.05, 4.69) is 46.3 Å². The summed E-state index contributed by atoms with van der Waals surface area (Å²) in [6.07, 6.45) is 0. The predicted molar refractivity (Wildman–Crippen MR) is 112 cm³/mol. The van der Waals surface area contributed by atoms with E-state index in [0.29, 0.717) is 5.75 Å². The van der Waals surface area contributed by atoms with Gasteiger partial charge in [-0.15, -0.1) is 11.8 Å². The van der Waals surface area contributed by atoms with Crippen molar-refractivity contribution in [1.82, 2.24) is 4.90 Å². The largest absolute Gasteiger partial charge is 0.369 e. The van der Waals surface area contributed by atoms with Gasteiger partial charge in [0.2, 0.25) is 5.91 Å². The lowest BCUT2D eigenvalue weighted by atomic mass is 10.2. The van der Waals surface area contributed by atoms with Crippen molar-refractivity contribution < 1.29 is 4.79 Å². The van der Waals surface area contributed by atoms with Crippen LogP contribution in [0.25, 0.3) is 0 Å². The van der Waals surface area contributed by atoms with Gasteiger partial charge in [0.25, 0.3) is 0 Å². The van der Waals surface area contributed by atoms with Crippen LogP contribution in [0.5, 0.6) is 0 Å². The Hall–Kier alpha value is -1.98. The van der Waals surface area contributed by atoms with E-state index in [9.17, 15) is 4.79 Å². The standard InChI is InChI=1S/C21H27N3OS/c1-2-23-12-14-24(15-13-23)20-10-8-19(9-11-20)22-21(25)17-26-16-18-6-4-3-5-7-18/h3-11H,2,12-17H2,1H3,(H,22,25). The Morgan fingerprint density at radius 2 is 1.69 bits per heavy atom. The third-order valence-electron chi connectivity index (χ3n) is 4.68. The van der Waals surface area contributed by atoms with Gasteiger partial charge in [0.05, 0.1) is 5.75 Å². The van der Waals surface area contributed by atoms with E-state index >= 15 is 0 Å². The Morgan fingerprint density at radius 1 is 1.00 bits per heavy atom. The summed E-state index contributed by atoms with van der Waals surface area (Å²) < 4.78 is 0. The Labute approximate surface area is 160 Å². The zero-order chi connectivity index (χ0) is 18.2. The number of likely N-dealkylation sites (N-methyl/N-ethyl adjacent to an activating group) is 1. The fraction of sp³-hybridized carbons (Fsp3) is 0.381. The fourth-order valence-corrected chi connectivity index (χ4v) is 3.90. The van der Waals surface area contributed by atoms with E-state index in [1.165, 1.54) is 11.3 Å². The van der Waals surface area contributed by atoms with Crippen molar-refractivity contribution in [3.63, 3.8) is 0 Å². The van der Waals surface area contributed by atoms with Gasteiger partial charge in [-0.3, -0.25) is 4.79 Å². The van der Waals surface area contributed by atoms with Gasteiger partial charge >= 0.3 is 0 Å². The minimum Gasteiger partial charge on any atom is -0.369 e. The number of hydrogen-bond donors (Lipinski definition) is 1. The lowest BCUT2D eigenvalue weighted by Gasteiger charge is -2.35. The number of carbonyl (C=O) groups excluding carboxylic acids is 1. The molecule has 1 heterocycles. The van der Waals surface area contributed by atoms with Crippen molar-refractivity contribution in [2.24, 2.45) is 0 Å². The van der Waals surface area contributed by atoms with Crippen LogP contribution >= 0.6 is 11.8 Å². The molecule has 0 spiro atoms. The lowest BCUT2D eigenvalue weighted by Crippen LogP contribution is -2.46. The van der Waals surface area contributed by atoms with Crippen molar-refractivity contribution >= 4 is 29.0 Å². The fourth-order valence-electron chi connectivity index (χ4n) is 3.11. The third-order valence-corrected chi connectivity index (χ3v) is 5.68. The van der Waals surface area contributed by atoms with Gasteiger partial charge in [-0.1, -0.05) is 37.3 Å². The van der Waals surface area contributed by atoms with Crippen molar-refractivity contribution in [2.45, 2.75) is 12.7 Å². The van der Waals surface area contributed by atoms with Gasteiger partial charge in [0.15, 0.2) is 0 Å². The molecule has 1 N–H and O–H groups in total. The van der Waals surface area contributed by atoms with Gasteiger partial charge in [-0.05, 0) is 36.4 Å². The normalized spacial score (nSPS) is 15.0. The summed E-state index contributed by atoms with van der Waals surface area (Å²) in [5, 5.41) is 2.99. The first-order chi connectivity index (χ1) is 12.7. The Kier molecular flexibility index (Phi) is 6.97. The molecule has 1 aliphatic heterocycles. The molecule has 4 nitrogen and oxygen atoms in total. The van der Waals surface area contributed by atoms with Crippen molar-refractivity contribution in [2.75, 3.05) is 48.7 Å². The summed E-state index contributed by atoms with van der Waals surface area (Å²) in [6.45, 7) is 7.71. The van der Waals surface area contributed by atoms with E-state index in [-0.39, 0.29) is 5.91 Å². The SMILES string of the molecule is CCN1CCN(c2ccc(NC(=O)CSCc3ccccc3)cc2)CC1. The van der Waals surface area contributed by atoms with Crippen LogP contribution in [0.2, 0.25) is 0 Å². The highest BCUT2D eigenvalue weighted by Crippen LogP contribution is 2.20. The second kappa shape index (κ2) is 9.64. The zero-order valence-corrected chi connectivity index (χ0v) is 16.2. The molecule has 5 heteroatoms. The maximum Gasteiger partial charge on any atom is 0.234 e. The van der Waals surface area contributed by atoms with Gasteiger partial charge in [0.1, 0.15) is 0 Å². The molecule has 1 aliphatic rings. The average molecular weight is 370 g/mol. The Bertz CT molecular complexity index is 682. The smallest absolute Gasteiger partial charge is 0.234 e. The summed E-state index contributed by atoms with van der Waals surface area (Å²) in [7, 11) is 0. The van der Waals surface area contributed by atoms with Crippen LogP contribution < -0.4 is 10.2 Å². The first-order valence-corrected chi connectivity index (χ1v) is 10.4. The molecule has 1 amide bonds. The molecular weight excluding hydrogens is 342 g/mol. The predicted octanol–water partition coefficient (Wildman–Crippen LogP) is 3.70. The molecule has 0 aliphatic carbocycles. The van der Waals surface area contributed by atoms with Crippen molar-refractivity contribution in [3.05, 3.63) is 60.2 Å². The van der Waals surface area contributed by atoms with E-state index < -0.39 is 0 Å². The Balaban J connectivity index is 1.43. The summed E-state index contributed by atoms with van der Waals surface area (Å²) in [5.74, 6) is 1.38. The van der Waals surface area contributed by atoms with Gasteiger partial charge < -0.3 is 15.1 Å². The number of hydrogen-bond acceptors (Lipinski definition) is 4. The lowest BCUT2D eigenvalue weighted by molar-refractivity contribution is -0.113. The third kappa shape index (κ3) is 5.51. The maximum atomic E-state index is 12.1. The van der Waals surface area contributed by atoms with Gasteiger partial charge in [-0.2, -0.15) is 0 Å². The molecular formula is C21H27N3OS. The van der Waals surface area contributed by atoms with Gasteiger partial charge in [-0.25, -0.2) is 0 Å². The topological polar surface area (TPSA) is 35.6 Å². The molecule has 0 unspecified atom stereocenters. The first-order valence-electron chi connectivity index (χ1n) is 9.23. The number of amides is 1. The van der Waals surface area contributed by atoms with Crippen LogP contribution in [0.3, 0.4) is 0 Å². The molecule has 0 bridgehead atoms. The molecule has 3 rings (SSSR count). The second-order valence-electron chi connectivity index (χ2n) is 6.49. The minimum absolute atomic E-state index is 0.0511. The quantitative estimate of drug-likeness (QED) is 0.807. The van der Waals surface area contributed by atoms with Crippen molar-refractivity contribution in [3.8, 4) is 0 Å². The minimum atomic E-state index is 0.0511. The summed E-state index contributed by atoms with van der Waals surface area (Å²) in [6, 6.07) is 18.5. The average Bonchev–Trinajstić information content (AvgIpc) is 2.69. The molecule has 0 saturated carbocycles. The number of anilines is 2. The van der Waals surface area contributed by atoms with Crippen LogP contribution in [0, 0.1) is 0 Å². The maximum absolute atomic E-state index is 12.1. The molecule has 0 radical (unpaired) electrons. The molecule has 1 fully saturated rings. The number of piperazine rings is 1. The number of nitrogens with one attached hydrogen (secondary N) is 1.